The monoisotopic (exact) mass is 205 g/mol. The third kappa shape index (κ3) is 6.57. The Hall–Kier alpha value is -0.930. The predicted octanol–water partition coefficient (Wildman–Crippen LogP) is 2.98. The van der Waals surface area contributed by atoms with E-state index in [1.165, 1.54) is 0 Å². The van der Waals surface area contributed by atoms with Gasteiger partial charge in [-0.05, 0) is 31.3 Å². The summed E-state index contributed by atoms with van der Waals surface area (Å²) in [6.07, 6.45) is 1.80. The van der Waals surface area contributed by atoms with Crippen molar-refractivity contribution in [3.63, 3.8) is 0 Å². The van der Waals surface area contributed by atoms with E-state index in [2.05, 4.69) is 0 Å². The molecule has 0 aliphatic heterocycles. The molecular weight excluding hydrogens is 188 g/mol. The lowest BCUT2D eigenvalue weighted by molar-refractivity contribution is -0.118. The molecule has 14 heavy (non-hydrogen) atoms. The maximum absolute atomic E-state index is 12.1. The number of rotatable bonds is 7. The van der Waals surface area contributed by atoms with Crippen LogP contribution in [0.1, 0.15) is 45.4 Å². The molecule has 0 aliphatic rings. The van der Waals surface area contributed by atoms with Gasteiger partial charge in [0, 0.05) is 6.42 Å². The van der Waals surface area contributed by atoms with Crippen LogP contribution in [0.2, 0.25) is 0 Å². The Morgan fingerprint density at radius 1 is 1.14 bits per heavy atom. The van der Waals surface area contributed by atoms with Crippen LogP contribution in [0.25, 0.3) is 0 Å². The van der Waals surface area contributed by atoms with Crippen LogP contribution in [0.15, 0.2) is 11.7 Å². The molecule has 0 aliphatic carbocycles. The first-order valence-electron chi connectivity index (χ1n) is 4.89. The molecule has 0 rings (SSSR count). The highest BCUT2D eigenvalue weighted by atomic mass is 19.3. The molecule has 0 spiro atoms. The number of carbonyl (C=O) groups excluding carboxylic acids is 1. The second kappa shape index (κ2) is 7.47. The standard InChI is InChI=1S/C10H17F2NO/c1-2-8(10(11)12)6-4-3-5-7-9(13)14/h2-7H2,1H3,(H2,13,14). The second-order valence-electron chi connectivity index (χ2n) is 3.24. The molecule has 0 aromatic carbocycles. The molecule has 0 saturated carbocycles. The number of amides is 1. The highest BCUT2D eigenvalue weighted by Crippen LogP contribution is 2.18. The molecule has 0 heterocycles. The molecule has 0 bridgehead atoms. The minimum atomic E-state index is -1.55. The molecule has 2 nitrogen and oxygen atoms in total. The fraction of sp³-hybridized carbons (Fsp3) is 0.700. The topological polar surface area (TPSA) is 43.1 Å². The zero-order valence-corrected chi connectivity index (χ0v) is 8.48. The SMILES string of the molecule is CCC(CCCCCC(N)=O)=C(F)F. The minimum absolute atomic E-state index is 0.226. The Morgan fingerprint density at radius 3 is 2.14 bits per heavy atom. The summed E-state index contributed by atoms with van der Waals surface area (Å²) in [5.41, 5.74) is 5.17. The number of nitrogens with two attached hydrogens (primary N) is 1. The van der Waals surface area contributed by atoms with Crippen LogP contribution in [-0.2, 0) is 4.79 Å². The summed E-state index contributed by atoms with van der Waals surface area (Å²) < 4.78 is 24.3. The van der Waals surface area contributed by atoms with E-state index < -0.39 is 6.08 Å². The van der Waals surface area contributed by atoms with E-state index in [9.17, 15) is 13.6 Å². The lowest BCUT2D eigenvalue weighted by atomic mass is 10.1. The Kier molecular flexibility index (Phi) is 6.98. The van der Waals surface area contributed by atoms with Crippen LogP contribution >= 0.6 is 0 Å². The average molecular weight is 205 g/mol. The van der Waals surface area contributed by atoms with E-state index in [-0.39, 0.29) is 11.5 Å². The third-order valence-corrected chi connectivity index (χ3v) is 2.10. The molecule has 0 radical (unpaired) electrons. The van der Waals surface area contributed by atoms with E-state index in [4.69, 9.17) is 5.73 Å². The van der Waals surface area contributed by atoms with Crippen LogP contribution in [0.4, 0.5) is 8.78 Å². The van der Waals surface area contributed by atoms with Crippen molar-refractivity contribution in [2.24, 2.45) is 5.73 Å². The zero-order chi connectivity index (χ0) is 11.0. The van der Waals surface area contributed by atoms with Gasteiger partial charge in [0.15, 0.2) is 0 Å². The summed E-state index contributed by atoms with van der Waals surface area (Å²) in [4.78, 5) is 10.4. The normalized spacial score (nSPS) is 9.93. The first-order valence-corrected chi connectivity index (χ1v) is 4.89. The molecule has 4 heteroatoms. The van der Waals surface area contributed by atoms with Gasteiger partial charge < -0.3 is 5.73 Å². The fourth-order valence-electron chi connectivity index (χ4n) is 1.22. The molecule has 82 valence electrons. The number of halogens is 2. The van der Waals surface area contributed by atoms with Crippen molar-refractivity contribution in [2.75, 3.05) is 0 Å². The number of hydrogen-bond acceptors (Lipinski definition) is 1. The summed E-state index contributed by atoms with van der Waals surface area (Å²) in [6, 6.07) is 0. The van der Waals surface area contributed by atoms with Crippen molar-refractivity contribution in [1.82, 2.24) is 0 Å². The number of carbonyl (C=O) groups is 1. The molecule has 0 atom stereocenters. The van der Waals surface area contributed by atoms with Crippen molar-refractivity contribution in [3.8, 4) is 0 Å². The van der Waals surface area contributed by atoms with Crippen molar-refractivity contribution in [2.45, 2.75) is 45.4 Å². The molecule has 0 saturated heterocycles. The first kappa shape index (κ1) is 13.1. The number of allylic oxidation sites excluding steroid dienone is 1. The van der Waals surface area contributed by atoms with Crippen molar-refractivity contribution < 1.29 is 13.6 Å². The van der Waals surface area contributed by atoms with Crippen LogP contribution in [-0.4, -0.2) is 5.91 Å². The molecule has 0 aromatic rings. The van der Waals surface area contributed by atoms with Gasteiger partial charge in [0.25, 0.3) is 6.08 Å². The predicted molar refractivity (Wildman–Crippen MR) is 51.8 cm³/mol. The largest absolute Gasteiger partial charge is 0.370 e. The quantitative estimate of drug-likeness (QED) is 0.638. The van der Waals surface area contributed by atoms with Crippen LogP contribution in [0, 0.1) is 0 Å². The van der Waals surface area contributed by atoms with Gasteiger partial charge in [0.05, 0.1) is 0 Å². The maximum atomic E-state index is 12.1. The summed E-state index contributed by atoms with van der Waals surface area (Å²) in [6.45, 7) is 1.72. The minimum Gasteiger partial charge on any atom is -0.370 e. The van der Waals surface area contributed by atoms with Crippen molar-refractivity contribution >= 4 is 5.91 Å². The summed E-state index contributed by atoms with van der Waals surface area (Å²) >= 11 is 0. The molecule has 0 unspecified atom stereocenters. The molecule has 1 amide bonds. The Bertz CT molecular complexity index is 210. The summed E-state index contributed by atoms with van der Waals surface area (Å²) in [5.74, 6) is -0.326. The lowest BCUT2D eigenvalue weighted by Gasteiger charge is -2.02. The van der Waals surface area contributed by atoms with Gasteiger partial charge in [-0.2, -0.15) is 8.78 Å². The molecule has 0 fully saturated rings. The number of primary amides is 1. The van der Waals surface area contributed by atoms with Gasteiger partial charge in [0.1, 0.15) is 0 Å². The smallest absolute Gasteiger partial charge is 0.269 e. The van der Waals surface area contributed by atoms with Gasteiger partial charge in [-0.15, -0.1) is 0 Å². The lowest BCUT2D eigenvalue weighted by Crippen LogP contribution is -2.09. The van der Waals surface area contributed by atoms with Gasteiger partial charge in [0.2, 0.25) is 5.91 Å². The number of unbranched alkanes of at least 4 members (excludes halogenated alkanes) is 2. The number of hydrogen-bond donors (Lipinski definition) is 1. The highest BCUT2D eigenvalue weighted by molar-refractivity contribution is 5.73. The maximum Gasteiger partial charge on any atom is 0.269 e. The fourth-order valence-corrected chi connectivity index (χ4v) is 1.22. The van der Waals surface area contributed by atoms with Gasteiger partial charge in [-0.1, -0.05) is 13.3 Å². The summed E-state index contributed by atoms with van der Waals surface area (Å²) in [7, 11) is 0. The first-order chi connectivity index (χ1) is 6.57. The average Bonchev–Trinajstić information content (AvgIpc) is 2.10. The molecular formula is C10H17F2NO. The molecule has 0 aromatic heterocycles. The summed E-state index contributed by atoms with van der Waals surface area (Å²) in [5, 5.41) is 0. The van der Waals surface area contributed by atoms with E-state index >= 15 is 0 Å². The zero-order valence-electron chi connectivity index (χ0n) is 8.48. The highest BCUT2D eigenvalue weighted by Gasteiger charge is 2.03. The second-order valence-corrected chi connectivity index (χ2v) is 3.24. The Morgan fingerprint density at radius 2 is 1.71 bits per heavy atom. The van der Waals surface area contributed by atoms with Crippen LogP contribution in [0.3, 0.4) is 0 Å². The van der Waals surface area contributed by atoms with Crippen molar-refractivity contribution in [3.05, 3.63) is 11.7 Å². The van der Waals surface area contributed by atoms with E-state index in [0.717, 1.165) is 6.42 Å². The van der Waals surface area contributed by atoms with Crippen molar-refractivity contribution in [1.29, 1.82) is 0 Å². The van der Waals surface area contributed by atoms with E-state index in [0.29, 0.717) is 32.1 Å². The van der Waals surface area contributed by atoms with E-state index in [1.54, 1.807) is 6.92 Å². The van der Waals surface area contributed by atoms with Gasteiger partial charge in [-0.3, -0.25) is 4.79 Å². The van der Waals surface area contributed by atoms with Gasteiger partial charge in [-0.25, -0.2) is 0 Å². The van der Waals surface area contributed by atoms with E-state index in [1.807, 2.05) is 0 Å². The Labute approximate surface area is 83.2 Å². The van der Waals surface area contributed by atoms with Gasteiger partial charge >= 0.3 is 0 Å². The van der Waals surface area contributed by atoms with Crippen LogP contribution < -0.4 is 5.73 Å². The molecule has 2 N–H and O–H groups in total. The Balaban J connectivity index is 3.53. The third-order valence-electron chi connectivity index (χ3n) is 2.10. The van der Waals surface area contributed by atoms with Crippen LogP contribution in [0.5, 0.6) is 0 Å².